The molecule has 1 aliphatic heterocycles. The summed E-state index contributed by atoms with van der Waals surface area (Å²) in [6, 6.07) is 22.2. The van der Waals surface area contributed by atoms with Gasteiger partial charge in [0.25, 0.3) is 0 Å². The standard InChI is InChI=1S/C30H34N4O4S/c35-27-13-11-25(26-12-14-29(37)33-30(26)27)28(36)20-31-16-15-21-7-9-22(10-8-21)32-23-5-4-6-24(19-23)39(38)34-17-2-1-3-18-34/h4-14,19,28,31-32,35-36H,1-3,15-18,20H2,(H,33,37). The van der Waals surface area contributed by atoms with Crippen molar-refractivity contribution < 1.29 is 14.4 Å². The highest BCUT2D eigenvalue weighted by molar-refractivity contribution is 7.82. The lowest BCUT2D eigenvalue weighted by atomic mass is 10.0. The van der Waals surface area contributed by atoms with Crippen LogP contribution in [0.15, 0.2) is 82.5 Å². The Morgan fingerprint density at radius 1 is 0.949 bits per heavy atom. The van der Waals surface area contributed by atoms with Crippen LogP contribution in [0.4, 0.5) is 11.4 Å². The van der Waals surface area contributed by atoms with Gasteiger partial charge in [-0.3, -0.25) is 4.79 Å². The molecule has 0 bridgehead atoms. The molecule has 8 nitrogen and oxygen atoms in total. The third-order valence-electron chi connectivity index (χ3n) is 7.02. The molecule has 2 unspecified atom stereocenters. The number of aromatic hydroxyl groups is 1. The number of phenolic OH excluding ortho intramolecular Hbond substituents is 1. The number of piperidine rings is 1. The number of aliphatic hydroxyl groups is 1. The molecule has 2 heterocycles. The van der Waals surface area contributed by atoms with Crippen LogP contribution in [0.3, 0.4) is 0 Å². The predicted octanol–water partition coefficient (Wildman–Crippen LogP) is 4.35. The van der Waals surface area contributed by atoms with E-state index in [1.165, 1.54) is 18.6 Å². The van der Waals surface area contributed by atoms with Crippen molar-refractivity contribution in [3.05, 3.63) is 94.3 Å². The van der Waals surface area contributed by atoms with Crippen LogP contribution in [0, 0.1) is 0 Å². The predicted molar refractivity (Wildman–Crippen MR) is 156 cm³/mol. The highest BCUT2D eigenvalue weighted by Crippen LogP contribution is 2.28. The molecule has 1 aliphatic rings. The van der Waals surface area contributed by atoms with E-state index in [4.69, 9.17) is 0 Å². The number of hydrogen-bond acceptors (Lipinski definition) is 6. The Morgan fingerprint density at radius 3 is 2.54 bits per heavy atom. The molecule has 1 saturated heterocycles. The van der Waals surface area contributed by atoms with Crippen molar-refractivity contribution >= 4 is 33.3 Å². The van der Waals surface area contributed by atoms with Crippen molar-refractivity contribution in [3.8, 4) is 5.75 Å². The molecule has 1 fully saturated rings. The zero-order chi connectivity index (χ0) is 27.2. The molecular weight excluding hydrogens is 512 g/mol. The minimum atomic E-state index is -1.13. The average molecular weight is 547 g/mol. The third-order valence-corrected chi connectivity index (χ3v) is 8.51. The van der Waals surface area contributed by atoms with Gasteiger partial charge in [-0.05, 0) is 79.4 Å². The van der Waals surface area contributed by atoms with Crippen LogP contribution in [-0.2, 0) is 17.4 Å². The second-order valence-electron chi connectivity index (χ2n) is 9.84. The van der Waals surface area contributed by atoms with E-state index in [1.807, 2.05) is 36.4 Å². The van der Waals surface area contributed by atoms with Gasteiger partial charge in [0.1, 0.15) is 16.7 Å². The zero-order valence-corrected chi connectivity index (χ0v) is 22.5. The summed E-state index contributed by atoms with van der Waals surface area (Å²) >= 11 is 0. The number of nitrogens with zero attached hydrogens (tertiary/aromatic N) is 1. The first kappa shape index (κ1) is 27.1. The normalized spacial score (nSPS) is 15.7. The number of aliphatic hydroxyl groups excluding tert-OH is 1. The third kappa shape index (κ3) is 6.75. The summed E-state index contributed by atoms with van der Waals surface area (Å²) in [5.74, 6) is -0.0235. The molecule has 2 atom stereocenters. The van der Waals surface area contributed by atoms with Crippen molar-refractivity contribution in [1.82, 2.24) is 14.6 Å². The number of benzene rings is 3. The molecule has 0 saturated carbocycles. The van der Waals surface area contributed by atoms with Gasteiger partial charge in [0.2, 0.25) is 5.56 Å². The van der Waals surface area contributed by atoms with E-state index < -0.39 is 17.1 Å². The minimum Gasteiger partial charge on any atom is -0.506 e. The lowest BCUT2D eigenvalue weighted by Crippen LogP contribution is -2.31. The molecule has 0 spiro atoms. The van der Waals surface area contributed by atoms with E-state index in [0.717, 1.165) is 54.2 Å². The number of fused-ring (bicyclic) bond motifs is 1. The van der Waals surface area contributed by atoms with Gasteiger partial charge in [0, 0.05) is 42.5 Å². The van der Waals surface area contributed by atoms with Crippen molar-refractivity contribution in [2.45, 2.75) is 36.7 Å². The van der Waals surface area contributed by atoms with Crippen LogP contribution in [0.5, 0.6) is 5.75 Å². The molecule has 204 valence electrons. The SMILES string of the molecule is O=c1ccc2c(C(O)CNCCc3ccc(Nc4cccc(S(=O)N5CCCCC5)c4)cc3)ccc(O)c2[nH]1. The summed E-state index contributed by atoms with van der Waals surface area (Å²) < 4.78 is 15.0. The highest BCUT2D eigenvalue weighted by Gasteiger charge is 2.18. The number of anilines is 2. The Kier molecular flexibility index (Phi) is 8.73. The molecule has 9 heteroatoms. The maximum Gasteiger partial charge on any atom is 0.248 e. The van der Waals surface area contributed by atoms with Gasteiger partial charge in [0.05, 0.1) is 16.5 Å². The van der Waals surface area contributed by atoms with Gasteiger partial charge < -0.3 is 25.8 Å². The van der Waals surface area contributed by atoms with Crippen LogP contribution < -0.4 is 16.2 Å². The van der Waals surface area contributed by atoms with Crippen LogP contribution in [0.25, 0.3) is 10.9 Å². The largest absolute Gasteiger partial charge is 0.506 e. The quantitative estimate of drug-likeness (QED) is 0.189. The molecular formula is C30H34N4O4S. The van der Waals surface area contributed by atoms with E-state index >= 15 is 0 Å². The molecule has 5 N–H and O–H groups in total. The highest BCUT2D eigenvalue weighted by atomic mass is 32.2. The first-order valence-electron chi connectivity index (χ1n) is 13.3. The Bertz CT molecular complexity index is 1500. The first-order chi connectivity index (χ1) is 19.0. The molecule has 1 aromatic heterocycles. The maximum atomic E-state index is 12.9. The number of phenols is 1. The molecule has 0 amide bonds. The van der Waals surface area contributed by atoms with Gasteiger partial charge in [-0.1, -0.05) is 30.7 Å². The molecule has 3 aromatic carbocycles. The molecule has 0 aliphatic carbocycles. The smallest absolute Gasteiger partial charge is 0.248 e. The molecule has 4 aromatic rings. The Morgan fingerprint density at radius 2 is 1.74 bits per heavy atom. The summed E-state index contributed by atoms with van der Waals surface area (Å²) in [5, 5.41) is 28.1. The number of rotatable bonds is 10. The Hall–Kier alpha value is -3.50. The van der Waals surface area contributed by atoms with E-state index in [0.29, 0.717) is 29.6 Å². The van der Waals surface area contributed by atoms with Gasteiger partial charge >= 0.3 is 0 Å². The van der Waals surface area contributed by atoms with E-state index in [-0.39, 0.29) is 11.3 Å². The maximum absolute atomic E-state index is 12.9. The number of nitrogens with one attached hydrogen (secondary N) is 3. The van der Waals surface area contributed by atoms with Crippen LogP contribution in [-0.4, -0.2) is 49.9 Å². The number of aromatic amines is 1. The number of pyridine rings is 1. The summed E-state index contributed by atoms with van der Waals surface area (Å²) in [6.45, 7) is 2.79. The molecule has 0 radical (unpaired) electrons. The van der Waals surface area contributed by atoms with Gasteiger partial charge in [-0.25, -0.2) is 8.51 Å². The van der Waals surface area contributed by atoms with E-state index in [9.17, 15) is 19.2 Å². The lowest BCUT2D eigenvalue weighted by Gasteiger charge is -2.25. The molecule has 5 rings (SSSR count). The number of H-pyrrole nitrogens is 1. The fraction of sp³-hybridized carbons (Fsp3) is 0.300. The van der Waals surface area contributed by atoms with Crippen LogP contribution in [0.1, 0.15) is 36.5 Å². The van der Waals surface area contributed by atoms with E-state index in [1.54, 1.807) is 12.1 Å². The second-order valence-corrected chi connectivity index (χ2v) is 11.3. The van der Waals surface area contributed by atoms with Crippen molar-refractivity contribution in [2.24, 2.45) is 0 Å². The average Bonchev–Trinajstić information content (AvgIpc) is 2.97. The van der Waals surface area contributed by atoms with Crippen molar-refractivity contribution in [2.75, 3.05) is 31.5 Å². The topological polar surface area (TPSA) is 118 Å². The monoisotopic (exact) mass is 546 g/mol. The van der Waals surface area contributed by atoms with Gasteiger partial charge in [-0.2, -0.15) is 0 Å². The van der Waals surface area contributed by atoms with Crippen LogP contribution >= 0.6 is 0 Å². The first-order valence-corrected chi connectivity index (χ1v) is 14.5. The zero-order valence-electron chi connectivity index (χ0n) is 21.7. The van der Waals surface area contributed by atoms with Crippen molar-refractivity contribution in [1.29, 1.82) is 0 Å². The summed E-state index contributed by atoms with van der Waals surface area (Å²) in [6.07, 6.45) is 3.42. The Labute approximate surface area is 230 Å². The summed E-state index contributed by atoms with van der Waals surface area (Å²) in [4.78, 5) is 15.1. The summed E-state index contributed by atoms with van der Waals surface area (Å²) in [7, 11) is -1.13. The number of aromatic nitrogens is 1. The van der Waals surface area contributed by atoms with E-state index in [2.05, 4.69) is 32.1 Å². The fourth-order valence-electron chi connectivity index (χ4n) is 4.91. The lowest BCUT2D eigenvalue weighted by molar-refractivity contribution is 0.176. The number of hydrogen-bond donors (Lipinski definition) is 5. The van der Waals surface area contributed by atoms with Gasteiger partial charge in [0.15, 0.2) is 0 Å². The van der Waals surface area contributed by atoms with Gasteiger partial charge in [-0.15, -0.1) is 0 Å². The van der Waals surface area contributed by atoms with Crippen molar-refractivity contribution in [3.63, 3.8) is 0 Å². The fourth-order valence-corrected chi connectivity index (χ4v) is 6.23. The Balaban J connectivity index is 1.12. The second kappa shape index (κ2) is 12.6. The summed E-state index contributed by atoms with van der Waals surface area (Å²) in [5.41, 5.74) is 3.70. The van der Waals surface area contributed by atoms with Crippen LogP contribution in [0.2, 0.25) is 0 Å². The minimum absolute atomic E-state index is 0.0235. The molecule has 39 heavy (non-hydrogen) atoms.